The van der Waals surface area contributed by atoms with Crippen molar-refractivity contribution in [1.82, 2.24) is 4.90 Å². The lowest BCUT2D eigenvalue weighted by molar-refractivity contribution is 0.290. The second-order valence-corrected chi connectivity index (χ2v) is 4.12. The fraction of sp³-hybridized carbons (Fsp3) is 0.714. The van der Waals surface area contributed by atoms with Crippen molar-refractivity contribution in [1.29, 1.82) is 0 Å². The zero-order valence-corrected chi connectivity index (χ0v) is 11.1. The van der Waals surface area contributed by atoms with Crippen LogP contribution in [-0.4, -0.2) is 24.5 Å². The highest BCUT2D eigenvalue weighted by Gasteiger charge is 2.05. The van der Waals surface area contributed by atoms with Crippen molar-refractivity contribution >= 4 is 0 Å². The summed E-state index contributed by atoms with van der Waals surface area (Å²) in [7, 11) is 2.19. The molecule has 0 aromatic rings. The van der Waals surface area contributed by atoms with Gasteiger partial charge in [0.15, 0.2) is 0 Å². The lowest BCUT2D eigenvalue weighted by Crippen LogP contribution is -2.28. The zero-order chi connectivity index (χ0) is 11.7. The van der Waals surface area contributed by atoms with E-state index < -0.39 is 0 Å². The number of allylic oxidation sites excluding steroid dienone is 3. The minimum Gasteiger partial charge on any atom is -0.300 e. The summed E-state index contributed by atoms with van der Waals surface area (Å²) < 4.78 is 0. The molecule has 0 bridgehead atoms. The van der Waals surface area contributed by atoms with E-state index in [0.29, 0.717) is 6.04 Å². The van der Waals surface area contributed by atoms with Gasteiger partial charge in [0, 0.05) is 6.04 Å². The predicted octanol–water partition coefficient (Wildman–Crippen LogP) is 4.02. The first-order chi connectivity index (χ1) is 7.15. The van der Waals surface area contributed by atoms with Crippen LogP contribution in [0.1, 0.15) is 47.0 Å². The van der Waals surface area contributed by atoms with Crippen LogP contribution in [0.4, 0.5) is 0 Å². The first kappa shape index (κ1) is 14.4. The van der Waals surface area contributed by atoms with Crippen LogP contribution >= 0.6 is 0 Å². The Labute approximate surface area is 95.9 Å². The first-order valence-electron chi connectivity index (χ1n) is 6.18. The molecule has 0 spiro atoms. The quantitative estimate of drug-likeness (QED) is 0.572. The van der Waals surface area contributed by atoms with E-state index in [1.54, 1.807) is 0 Å². The van der Waals surface area contributed by atoms with Gasteiger partial charge in [-0.2, -0.15) is 0 Å². The number of likely N-dealkylation sites (N-methyl/N-ethyl adjacent to an activating group) is 1. The first-order valence-corrected chi connectivity index (χ1v) is 6.18. The molecule has 1 unspecified atom stereocenters. The van der Waals surface area contributed by atoms with Gasteiger partial charge in [0.1, 0.15) is 0 Å². The number of rotatable bonds is 7. The van der Waals surface area contributed by atoms with Crippen LogP contribution in [0.5, 0.6) is 0 Å². The third kappa shape index (κ3) is 6.51. The van der Waals surface area contributed by atoms with E-state index in [-0.39, 0.29) is 0 Å². The second-order valence-electron chi connectivity index (χ2n) is 4.12. The molecular weight excluding hydrogens is 182 g/mol. The van der Waals surface area contributed by atoms with E-state index >= 15 is 0 Å². The summed E-state index contributed by atoms with van der Waals surface area (Å²) in [6.45, 7) is 9.97. The van der Waals surface area contributed by atoms with Crippen LogP contribution in [0.25, 0.3) is 0 Å². The van der Waals surface area contributed by atoms with E-state index in [1.165, 1.54) is 18.4 Å². The Hall–Kier alpha value is -0.560. The molecule has 0 N–H and O–H groups in total. The second kappa shape index (κ2) is 8.72. The van der Waals surface area contributed by atoms with Gasteiger partial charge in [-0.15, -0.1) is 0 Å². The minimum absolute atomic E-state index is 0.602. The molecule has 0 heterocycles. The zero-order valence-electron chi connectivity index (χ0n) is 11.1. The molecular formula is C14H27N. The summed E-state index contributed by atoms with van der Waals surface area (Å²) in [5, 5.41) is 0. The molecule has 0 fully saturated rings. The van der Waals surface area contributed by atoms with E-state index in [1.807, 2.05) is 0 Å². The molecule has 0 aromatic heterocycles. The molecule has 0 saturated heterocycles. The van der Waals surface area contributed by atoms with Crippen molar-refractivity contribution in [3.63, 3.8) is 0 Å². The summed E-state index contributed by atoms with van der Waals surface area (Å²) >= 11 is 0. The van der Waals surface area contributed by atoms with Gasteiger partial charge < -0.3 is 4.90 Å². The molecule has 88 valence electrons. The van der Waals surface area contributed by atoms with Crippen LogP contribution in [0.15, 0.2) is 23.8 Å². The van der Waals surface area contributed by atoms with Crippen molar-refractivity contribution in [2.45, 2.75) is 53.0 Å². The van der Waals surface area contributed by atoms with Crippen LogP contribution in [0.2, 0.25) is 0 Å². The van der Waals surface area contributed by atoms with Crippen LogP contribution < -0.4 is 0 Å². The van der Waals surface area contributed by atoms with Crippen molar-refractivity contribution < 1.29 is 0 Å². The van der Waals surface area contributed by atoms with Gasteiger partial charge in [-0.1, -0.05) is 44.6 Å². The molecule has 1 heteroatoms. The SMILES string of the molecule is CCC(C)=CCC=CC(CC)N(C)CC. The number of nitrogens with zero attached hydrogens (tertiary/aromatic N) is 1. The van der Waals surface area contributed by atoms with Gasteiger partial charge in [-0.05, 0) is 39.8 Å². The lowest BCUT2D eigenvalue weighted by atomic mass is 10.1. The molecule has 0 amide bonds. The van der Waals surface area contributed by atoms with Gasteiger partial charge in [0.05, 0.1) is 0 Å². The topological polar surface area (TPSA) is 3.24 Å². The van der Waals surface area contributed by atoms with Crippen LogP contribution in [0.3, 0.4) is 0 Å². The lowest BCUT2D eigenvalue weighted by Gasteiger charge is -2.22. The van der Waals surface area contributed by atoms with E-state index in [2.05, 4.69) is 57.9 Å². The highest BCUT2D eigenvalue weighted by atomic mass is 15.1. The Bertz CT molecular complexity index is 203. The normalized spacial score (nSPS) is 15.2. The summed E-state index contributed by atoms with van der Waals surface area (Å²) in [5.41, 5.74) is 1.48. The van der Waals surface area contributed by atoms with E-state index in [9.17, 15) is 0 Å². The van der Waals surface area contributed by atoms with Crippen LogP contribution in [0, 0.1) is 0 Å². The van der Waals surface area contributed by atoms with Crippen molar-refractivity contribution in [3.8, 4) is 0 Å². The highest BCUT2D eigenvalue weighted by molar-refractivity contribution is 5.03. The average Bonchev–Trinajstić information content (AvgIpc) is 2.27. The molecule has 0 saturated carbocycles. The fourth-order valence-electron chi connectivity index (χ4n) is 1.48. The van der Waals surface area contributed by atoms with Gasteiger partial charge in [-0.3, -0.25) is 0 Å². The maximum absolute atomic E-state index is 2.38. The number of hydrogen-bond donors (Lipinski definition) is 0. The van der Waals surface area contributed by atoms with E-state index in [0.717, 1.165) is 13.0 Å². The molecule has 1 nitrogen and oxygen atoms in total. The van der Waals surface area contributed by atoms with Gasteiger partial charge in [0.25, 0.3) is 0 Å². The Balaban J connectivity index is 4.02. The Morgan fingerprint density at radius 2 is 1.93 bits per heavy atom. The molecule has 0 rings (SSSR count). The molecule has 0 radical (unpaired) electrons. The Morgan fingerprint density at radius 3 is 2.40 bits per heavy atom. The molecule has 0 aliphatic heterocycles. The largest absolute Gasteiger partial charge is 0.300 e. The molecule has 1 atom stereocenters. The summed E-state index contributed by atoms with van der Waals surface area (Å²) in [6, 6.07) is 0.602. The third-order valence-corrected chi connectivity index (χ3v) is 3.00. The van der Waals surface area contributed by atoms with E-state index in [4.69, 9.17) is 0 Å². The summed E-state index contributed by atoms with van der Waals surface area (Å²) in [6.07, 6.45) is 10.4. The fourth-order valence-corrected chi connectivity index (χ4v) is 1.48. The number of hydrogen-bond acceptors (Lipinski definition) is 1. The third-order valence-electron chi connectivity index (χ3n) is 3.00. The highest BCUT2D eigenvalue weighted by Crippen LogP contribution is 2.05. The smallest absolute Gasteiger partial charge is 0.0272 e. The van der Waals surface area contributed by atoms with Crippen LogP contribution in [-0.2, 0) is 0 Å². The average molecular weight is 209 g/mol. The van der Waals surface area contributed by atoms with Crippen molar-refractivity contribution in [2.24, 2.45) is 0 Å². The van der Waals surface area contributed by atoms with Gasteiger partial charge in [0.2, 0.25) is 0 Å². The maximum atomic E-state index is 2.38. The van der Waals surface area contributed by atoms with Gasteiger partial charge in [-0.25, -0.2) is 0 Å². The molecule has 15 heavy (non-hydrogen) atoms. The molecule has 0 aromatic carbocycles. The predicted molar refractivity (Wildman–Crippen MR) is 70.2 cm³/mol. The summed E-state index contributed by atoms with van der Waals surface area (Å²) in [4.78, 5) is 2.38. The summed E-state index contributed by atoms with van der Waals surface area (Å²) in [5.74, 6) is 0. The Morgan fingerprint density at radius 1 is 1.27 bits per heavy atom. The maximum Gasteiger partial charge on any atom is 0.0272 e. The standard InChI is InChI=1S/C14H27N/c1-6-13(4)11-9-10-12-14(7-2)15(5)8-3/h10-12,14H,6-9H2,1-5H3. The van der Waals surface area contributed by atoms with Crippen molar-refractivity contribution in [3.05, 3.63) is 23.8 Å². The monoisotopic (exact) mass is 209 g/mol. The van der Waals surface area contributed by atoms with Gasteiger partial charge >= 0.3 is 0 Å². The van der Waals surface area contributed by atoms with Crippen molar-refractivity contribution in [2.75, 3.05) is 13.6 Å². The molecule has 0 aliphatic rings. The minimum atomic E-state index is 0.602. The Kier molecular flexibility index (Phi) is 8.40. The molecule has 0 aliphatic carbocycles.